The number of halogens is 1. The van der Waals surface area contributed by atoms with Gasteiger partial charge in [-0.15, -0.1) is 0 Å². The van der Waals surface area contributed by atoms with Crippen LogP contribution in [0.15, 0.2) is 54.6 Å². The third-order valence-corrected chi connectivity index (χ3v) is 4.78. The monoisotopic (exact) mass is 461 g/mol. The highest BCUT2D eigenvalue weighted by Gasteiger charge is 2.16. The van der Waals surface area contributed by atoms with E-state index in [1.54, 1.807) is 13.2 Å². The quantitative estimate of drug-likeness (QED) is 0.494. The van der Waals surface area contributed by atoms with Gasteiger partial charge >= 0.3 is 0 Å². The van der Waals surface area contributed by atoms with Crippen LogP contribution in [0.2, 0.25) is 0 Å². The number of rotatable bonds is 6. The number of carbonyl (C=O) groups excluding carboxylic acids is 1. The average Bonchev–Trinajstić information content (AvgIpc) is 2.66. The van der Waals surface area contributed by atoms with Crippen LogP contribution in [-0.4, -0.2) is 19.6 Å². The molecule has 3 rings (SSSR count). The zero-order valence-corrected chi connectivity index (χ0v) is 16.9. The first-order valence-electron chi connectivity index (χ1n) is 8.43. The number of methoxy groups -OCH3 is 1. The Morgan fingerprint density at radius 2 is 1.88 bits per heavy atom. The minimum absolute atomic E-state index is 0.181. The van der Waals surface area contributed by atoms with Crippen molar-refractivity contribution in [1.82, 2.24) is 0 Å². The van der Waals surface area contributed by atoms with Crippen molar-refractivity contribution in [3.63, 3.8) is 0 Å². The van der Waals surface area contributed by atoms with E-state index in [0.717, 1.165) is 26.5 Å². The number of ether oxygens (including phenoxy) is 2. The highest BCUT2D eigenvalue weighted by Crippen LogP contribution is 2.34. The minimum atomic E-state index is -0.181. The van der Waals surface area contributed by atoms with Crippen molar-refractivity contribution >= 4 is 45.0 Å². The number of carbonyl (C=O) groups is 1. The zero-order chi connectivity index (χ0) is 18.5. The molecule has 0 saturated heterocycles. The molecule has 0 aliphatic rings. The summed E-state index contributed by atoms with van der Waals surface area (Å²) in [5, 5.41) is 5.10. The first-order valence-corrected chi connectivity index (χ1v) is 9.51. The molecule has 3 aromatic carbocycles. The lowest BCUT2D eigenvalue weighted by atomic mass is 10.1. The highest BCUT2D eigenvalue weighted by atomic mass is 127. The molecule has 0 aliphatic carbocycles. The molecule has 0 aromatic heterocycles. The van der Waals surface area contributed by atoms with Crippen molar-refractivity contribution in [2.24, 2.45) is 0 Å². The van der Waals surface area contributed by atoms with Crippen molar-refractivity contribution in [2.75, 3.05) is 19.0 Å². The SMILES string of the molecule is CCCOc1c(I)cc(C(=O)Nc2cccc3ccccc23)cc1OC. The fraction of sp³-hybridized carbons (Fsp3) is 0.190. The van der Waals surface area contributed by atoms with Gasteiger partial charge in [0.25, 0.3) is 5.91 Å². The smallest absolute Gasteiger partial charge is 0.255 e. The fourth-order valence-electron chi connectivity index (χ4n) is 2.72. The van der Waals surface area contributed by atoms with Gasteiger partial charge < -0.3 is 14.8 Å². The Morgan fingerprint density at radius 3 is 2.65 bits per heavy atom. The van der Waals surface area contributed by atoms with Crippen LogP contribution >= 0.6 is 22.6 Å². The van der Waals surface area contributed by atoms with Gasteiger partial charge in [-0.2, -0.15) is 0 Å². The zero-order valence-electron chi connectivity index (χ0n) is 14.7. The molecule has 134 valence electrons. The summed E-state index contributed by atoms with van der Waals surface area (Å²) in [7, 11) is 1.58. The van der Waals surface area contributed by atoms with Crippen LogP contribution in [-0.2, 0) is 0 Å². The van der Waals surface area contributed by atoms with E-state index >= 15 is 0 Å². The van der Waals surface area contributed by atoms with Gasteiger partial charge in [0, 0.05) is 16.6 Å². The molecule has 0 radical (unpaired) electrons. The van der Waals surface area contributed by atoms with E-state index in [9.17, 15) is 4.79 Å². The van der Waals surface area contributed by atoms with Gasteiger partial charge in [0.2, 0.25) is 0 Å². The lowest BCUT2D eigenvalue weighted by Gasteiger charge is -2.14. The molecule has 0 fully saturated rings. The Balaban J connectivity index is 1.91. The summed E-state index contributed by atoms with van der Waals surface area (Å²) in [6, 6.07) is 17.4. The van der Waals surface area contributed by atoms with Crippen LogP contribution in [0, 0.1) is 3.57 Å². The summed E-state index contributed by atoms with van der Waals surface area (Å²) >= 11 is 2.17. The number of benzene rings is 3. The third-order valence-electron chi connectivity index (χ3n) is 3.98. The van der Waals surface area contributed by atoms with Crippen LogP contribution in [0.25, 0.3) is 10.8 Å². The third kappa shape index (κ3) is 3.93. The average molecular weight is 461 g/mol. The van der Waals surface area contributed by atoms with Crippen LogP contribution in [0.1, 0.15) is 23.7 Å². The molecule has 26 heavy (non-hydrogen) atoms. The normalized spacial score (nSPS) is 10.6. The Hall–Kier alpha value is -2.28. The van der Waals surface area contributed by atoms with Gasteiger partial charge in [0.15, 0.2) is 11.5 Å². The van der Waals surface area contributed by atoms with Crippen molar-refractivity contribution in [1.29, 1.82) is 0 Å². The molecule has 0 spiro atoms. The maximum atomic E-state index is 12.8. The van der Waals surface area contributed by atoms with Crippen LogP contribution < -0.4 is 14.8 Å². The number of amides is 1. The second kappa shape index (κ2) is 8.40. The van der Waals surface area contributed by atoms with E-state index < -0.39 is 0 Å². The lowest BCUT2D eigenvalue weighted by molar-refractivity contribution is 0.102. The number of hydrogen-bond donors (Lipinski definition) is 1. The molecule has 0 bridgehead atoms. The Labute approximate surface area is 166 Å². The molecule has 3 aromatic rings. The van der Waals surface area contributed by atoms with Gasteiger partial charge in [-0.25, -0.2) is 0 Å². The molecule has 1 N–H and O–H groups in total. The Kier molecular flexibility index (Phi) is 5.98. The van der Waals surface area contributed by atoms with E-state index in [1.807, 2.05) is 55.5 Å². The maximum Gasteiger partial charge on any atom is 0.255 e. The number of hydrogen-bond acceptors (Lipinski definition) is 3. The molecule has 0 atom stereocenters. The van der Waals surface area contributed by atoms with E-state index in [2.05, 4.69) is 27.9 Å². The van der Waals surface area contributed by atoms with E-state index in [0.29, 0.717) is 23.7 Å². The van der Waals surface area contributed by atoms with Crippen molar-refractivity contribution in [3.05, 3.63) is 63.7 Å². The number of fused-ring (bicyclic) bond motifs is 1. The molecule has 0 aliphatic heterocycles. The van der Waals surface area contributed by atoms with E-state index in [-0.39, 0.29) is 5.91 Å². The van der Waals surface area contributed by atoms with Crippen molar-refractivity contribution in [3.8, 4) is 11.5 Å². The lowest BCUT2D eigenvalue weighted by Crippen LogP contribution is -2.13. The van der Waals surface area contributed by atoms with Gasteiger partial charge in [-0.3, -0.25) is 4.79 Å². The largest absolute Gasteiger partial charge is 0.493 e. The van der Waals surface area contributed by atoms with E-state index in [1.165, 1.54) is 0 Å². The van der Waals surface area contributed by atoms with Crippen LogP contribution in [0.5, 0.6) is 11.5 Å². The van der Waals surface area contributed by atoms with Gasteiger partial charge in [0.05, 0.1) is 17.3 Å². The molecular weight excluding hydrogens is 441 g/mol. The van der Waals surface area contributed by atoms with Crippen LogP contribution in [0.3, 0.4) is 0 Å². The molecule has 4 nitrogen and oxygen atoms in total. The summed E-state index contributed by atoms with van der Waals surface area (Å²) in [6.45, 7) is 2.65. The summed E-state index contributed by atoms with van der Waals surface area (Å²) in [5.41, 5.74) is 1.32. The van der Waals surface area contributed by atoms with Crippen molar-refractivity contribution in [2.45, 2.75) is 13.3 Å². The van der Waals surface area contributed by atoms with Crippen molar-refractivity contribution < 1.29 is 14.3 Å². The molecule has 1 amide bonds. The van der Waals surface area contributed by atoms with E-state index in [4.69, 9.17) is 9.47 Å². The Morgan fingerprint density at radius 1 is 1.12 bits per heavy atom. The topological polar surface area (TPSA) is 47.6 Å². The summed E-state index contributed by atoms with van der Waals surface area (Å²) < 4.78 is 12.0. The first-order chi connectivity index (χ1) is 12.6. The number of nitrogens with one attached hydrogen (secondary N) is 1. The molecule has 0 heterocycles. The minimum Gasteiger partial charge on any atom is -0.493 e. The maximum absolute atomic E-state index is 12.8. The summed E-state index contributed by atoms with van der Waals surface area (Å²) in [6.07, 6.45) is 0.905. The first kappa shape index (κ1) is 18.5. The summed E-state index contributed by atoms with van der Waals surface area (Å²) in [5.74, 6) is 1.06. The second-order valence-corrected chi connectivity index (χ2v) is 6.98. The fourth-order valence-corrected chi connectivity index (χ4v) is 3.48. The van der Waals surface area contributed by atoms with Gasteiger partial charge in [-0.05, 0) is 52.6 Å². The standard InChI is InChI=1S/C21H20INO3/c1-3-11-26-20-17(22)12-15(13-19(20)25-2)21(24)23-18-10-6-8-14-7-4-5-9-16(14)18/h4-10,12-13H,3,11H2,1-2H3,(H,23,24). The highest BCUT2D eigenvalue weighted by molar-refractivity contribution is 14.1. The predicted molar refractivity (Wildman–Crippen MR) is 113 cm³/mol. The molecule has 0 saturated carbocycles. The van der Waals surface area contributed by atoms with Gasteiger partial charge in [-0.1, -0.05) is 43.3 Å². The molecule has 5 heteroatoms. The van der Waals surface area contributed by atoms with Crippen LogP contribution in [0.4, 0.5) is 5.69 Å². The second-order valence-electron chi connectivity index (χ2n) is 5.82. The molecular formula is C21H20INO3. The van der Waals surface area contributed by atoms with Gasteiger partial charge in [0.1, 0.15) is 0 Å². The predicted octanol–water partition coefficient (Wildman–Crippen LogP) is 5.49. The summed E-state index contributed by atoms with van der Waals surface area (Å²) in [4.78, 5) is 12.8. The number of anilines is 1. The molecule has 0 unspecified atom stereocenters. The Bertz CT molecular complexity index is 934.